The second-order valence-electron chi connectivity index (χ2n) is 8.30. The van der Waals surface area contributed by atoms with Gasteiger partial charge in [-0.1, -0.05) is 11.6 Å². The minimum absolute atomic E-state index is 0.0578. The second kappa shape index (κ2) is 10.5. The quantitative estimate of drug-likeness (QED) is 0.278. The van der Waals surface area contributed by atoms with E-state index in [-0.39, 0.29) is 35.1 Å². The van der Waals surface area contributed by atoms with E-state index < -0.39 is 52.7 Å². The van der Waals surface area contributed by atoms with Gasteiger partial charge in [0.05, 0.1) is 30.9 Å². The summed E-state index contributed by atoms with van der Waals surface area (Å²) in [5.74, 6) is -1.65. The highest BCUT2D eigenvalue weighted by Gasteiger charge is 2.42. The fraction of sp³-hybridized carbons (Fsp3) is 0.333. The SMILES string of the molecule is NS(=O)(=O)OC[C@H]1C[C@@H](Nc2ncncc2C(=O)c2ccn(Cc3cc(F)cc(Cl)c3)n2)[C@H](O)[C@@H]1O. The normalized spacial score (nSPS) is 22.0. The molecule has 0 bridgehead atoms. The van der Waals surface area contributed by atoms with Crippen LogP contribution in [0.5, 0.6) is 0 Å². The molecule has 15 heteroatoms. The lowest BCUT2D eigenvalue weighted by Crippen LogP contribution is -2.36. The summed E-state index contributed by atoms with van der Waals surface area (Å²) in [5, 5.41) is 32.9. The molecule has 0 aliphatic heterocycles. The van der Waals surface area contributed by atoms with Gasteiger partial charge >= 0.3 is 10.3 Å². The fourth-order valence-electron chi connectivity index (χ4n) is 4.00. The van der Waals surface area contributed by atoms with E-state index in [0.717, 1.165) is 0 Å². The standard InChI is InChI=1S/C21H22ClFN6O6S/c22-13-3-11(4-14(23)6-13)8-29-2-1-16(28-29)19(31)15-7-25-10-26-21(15)27-17-5-12(18(30)20(17)32)9-35-36(24,33)34/h1-4,6-7,10,12,17-18,20,30,32H,5,8-9H2,(H2,24,33,34)(H,25,26,27)/t12-,17-,18-,20+/m1/s1. The number of nitrogens with one attached hydrogen (secondary N) is 1. The lowest BCUT2D eigenvalue weighted by molar-refractivity contribution is 0.00778. The fourth-order valence-corrected chi connectivity index (χ4v) is 4.61. The van der Waals surface area contributed by atoms with E-state index in [1.165, 1.54) is 35.4 Å². The van der Waals surface area contributed by atoms with Crippen LogP contribution in [0.3, 0.4) is 0 Å². The van der Waals surface area contributed by atoms with Gasteiger partial charge in [-0.25, -0.2) is 19.5 Å². The summed E-state index contributed by atoms with van der Waals surface area (Å²) in [4.78, 5) is 21.1. The molecule has 0 radical (unpaired) electrons. The lowest BCUT2D eigenvalue weighted by Gasteiger charge is -2.19. The maximum absolute atomic E-state index is 13.6. The number of ketones is 1. The summed E-state index contributed by atoms with van der Waals surface area (Å²) in [6, 6.07) is 4.79. The van der Waals surface area contributed by atoms with E-state index in [2.05, 4.69) is 24.6 Å². The van der Waals surface area contributed by atoms with Crippen molar-refractivity contribution in [2.75, 3.05) is 11.9 Å². The molecule has 1 fully saturated rings. The summed E-state index contributed by atoms with van der Waals surface area (Å²) in [6.07, 6.45) is 1.55. The van der Waals surface area contributed by atoms with E-state index in [4.69, 9.17) is 16.7 Å². The maximum atomic E-state index is 13.6. The molecule has 1 aliphatic carbocycles. The molecule has 192 valence electrons. The van der Waals surface area contributed by atoms with Gasteiger partial charge in [-0.2, -0.15) is 13.5 Å². The molecule has 3 aromatic rings. The first-order chi connectivity index (χ1) is 17.0. The number of carbonyl (C=O) groups excluding carboxylic acids is 1. The Labute approximate surface area is 210 Å². The molecule has 4 atom stereocenters. The van der Waals surface area contributed by atoms with Crippen molar-refractivity contribution in [2.24, 2.45) is 11.1 Å². The molecule has 2 aromatic heterocycles. The first-order valence-electron chi connectivity index (χ1n) is 10.6. The number of aromatic nitrogens is 4. The first kappa shape index (κ1) is 26.1. The van der Waals surface area contributed by atoms with Gasteiger partial charge in [-0.3, -0.25) is 13.7 Å². The number of anilines is 1. The average molecular weight is 541 g/mol. The third-order valence-corrected chi connectivity index (χ3v) is 6.35. The van der Waals surface area contributed by atoms with Crippen LogP contribution in [0.15, 0.2) is 43.0 Å². The van der Waals surface area contributed by atoms with Crippen LogP contribution in [0.25, 0.3) is 0 Å². The van der Waals surface area contributed by atoms with Crippen LogP contribution in [-0.4, -0.2) is 69.0 Å². The van der Waals surface area contributed by atoms with Gasteiger partial charge in [0.25, 0.3) is 0 Å². The Morgan fingerprint density at radius 2 is 2.08 bits per heavy atom. The third-order valence-electron chi connectivity index (χ3n) is 5.67. The molecule has 1 aromatic carbocycles. The van der Waals surface area contributed by atoms with Gasteiger partial charge < -0.3 is 15.5 Å². The summed E-state index contributed by atoms with van der Waals surface area (Å²) in [7, 11) is -4.21. The molecule has 0 spiro atoms. The highest BCUT2D eigenvalue weighted by Crippen LogP contribution is 2.30. The third kappa shape index (κ3) is 6.21. The van der Waals surface area contributed by atoms with Crippen molar-refractivity contribution >= 4 is 33.5 Å². The first-order valence-corrected chi connectivity index (χ1v) is 12.5. The highest BCUT2D eigenvalue weighted by atomic mass is 35.5. The van der Waals surface area contributed by atoms with E-state index >= 15 is 0 Å². The molecular weight excluding hydrogens is 519 g/mol. The van der Waals surface area contributed by atoms with E-state index in [1.54, 1.807) is 12.3 Å². The number of nitrogens with zero attached hydrogens (tertiary/aromatic N) is 4. The van der Waals surface area contributed by atoms with Crippen LogP contribution in [0.2, 0.25) is 5.02 Å². The Balaban J connectivity index is 1.48. The molecule has 2 heterocycles. The number of aliphatic hydroxyl groups excluding tert-OH is 2. The molecule has 36 heavy (non-hydrogen) atoms. The molecule has 1 aliphatic rings. The lowest BCUT2D eigenvalue weighted by atomic mass is 10.1. The zero-order valence-corrected chi connectivity index (χ0v) is 20.1. The van der Waals surface area contributed by atoms with Gasteiger partial charge in [0.1, 0.15) is 29.8 Å². The van der Waals surface area contributed by atoms with Crippen molar-refractivity contribution in [1.82, 2.24) is 19.7 Å². The predicted molar refractivity (Wildman–Crippen MR) is 125 cm³/mol. The van der Waals surface area contributed by atoms with E-state index in [1.807, 2.05) is 0 Å². The summed E-state index contributed by atoms with van der Waals surface area (Å²) < 4.78 is 41.7. The number of rotatable bonds is 9. The van der Waals surface area contributed by atoms with Gasteiger partial charge in [0.15, 0.2) is 0 Å². The summed E-state index contributed by atoms with van der Waals surface area (Å²) >= 11 is 5.89. The monoisotopic (exact) mass is 540 g/mol. The van der Waals surface area contributed by atoms with Crippen molar-refractivity contribution in [1.29, 1.82) is 0 Å². The maximum Gasteiger partial charge on any atom is 0.333 e. The van der Waals surface area contributed by atoms with Crippen LogP contribution < -0.4 is 10.5 Å². The van der Waals surface area contributed by atoms with Crippen LogP contribution >= 0.6 is 11.6 Å². The molecule has 4 rings (SSSR count). The number of nitrogens with two attached hydrogens (primary N) is 1. The molecule has 0 saturated heterocycles. The number of hydrogen-bond acceptors (Lipinski definition) is 10. The van der Waals surface area contributed by atoms with Gasteiger partial charge in [0.2, 0.25) is 5.78 Å². The van der Waals surface area contributed by atoms with Crippen LogP contribution in [-0.2, 0) is 21.0 Å². The molecule has 1 saturated carbocycles. The summed E-state index contributed by atoms with van der Waals surface area (Å²) in [6.45, 7) is -0.242. The Morgan fingerprint density at radius 1 is 1.31 bits per heavy atom. The topological polar surface area (TPSA) is 183 Å². The van der Waals surface area contributed by atoms with E-state index in [9.17, 15) is 27.8 Å². The minimum atomic E-state index is -4.21. The van der Waals surface area contributed by atoms with Crippen molar-refractivity contribution < 1.29 is 32.0 Å². The van der Waals surface area contributed by atoms with Crippen LogP contribution in [0, 0.1) is 11.7 Å². The van der Waals surface area contributed by atoms with Crippen molar-refractivity contribution in [3.63, 3.8) is 0 Å². The Morgan fingerprint density at radius 3 is 2.81 bits per heavy atom. The molecule has 12 nitrogen and oxygen atoms in total. The van der Waals surface area contributed by atoms with Crippen LogP contribution in [0.1, 0.15) is 28.0 Å². The number of aliphatic hydroxyl groups is 2. The van der Waals surface area contributed by atoms with Crippen LogP contribution in [0.4, 0.5) is 10.2 Å². The van der Waals surface area contributed by atoms with Gasteiger partial charge in [-0.05, 0) is 36.2 Å². The summed E-state index contributed by atoms with van der Waals surface area (Å²) in [5.41, 5.74) is 0.687. The van der Waals surface area contributed by atoms with Gasteiger partial charge in [0, 0.05) is 23.3 Å². The molecule has 5 N–H and O–H groups in total. The molecule has 0 amide bonds. The zero-order valence-electron chi connectivity index (χ0n) is 18.5. The zero-order chi connectivity index (χ0) is 26.0. The number of halogens is 2. The van der Waals surface area contributed by atoms with Crippen molar-refractivity contribution in [3.05, 3.63) is 70.6 Å². The van der Waals surface area contributed by atoms with Gasteiger partial charge in [-0.15, -0.1) is 0 Å². The van der Waals surface area contributed by atoms with E-state index in [0.29, 0.717) is 5.56 Å². The Hall–Kier alpha value is -3.01. The number of benzene rings is 1. The Kier molecular flexibility index (Phi) is 7.63. The molecular formula is C21H22ClFN6O6S. The smallest absolute Gasteiger partial charge is 0.333 e. The largest absolute Gasteiger partial charge is 0.390 e. The van der Waals surface area contributed by atoms with Crippen molar-refractivity contribution in [2.45, 2.75) is 31.2 Å². The predicted octanol–water partition coefficient (Wildman–Crippen LogP) is 0.487. The van der Waals surface area contributed by atoms with Crippen molar-refractivity contribution in [3.8, 4) is 0 Å². The average Bonchev–Trinajstić information content (AvgIpc) is 3.36. The Bertz CT molecular complexity index is 1350. The highest BCUT2D eigenvalue weighted by molar-refractivity contribution is 7.84. The molecule has 0 unspecified atom stereocenters. The number of hydrogen-bond donors (Lipinski definition) is 4. The second-order valence-corrected chi connectivity index (χ2v) is 9.95. The number of carbonyl (C=O) groups is 1. The minimum Gasteiger partial charge on any atom is -0.390 e.